The molecule has 2 fully saturated rings. The predicted octanol–water partition coefficient (Wildman–Crippen LogP) is 3.61. The van der Waals surface area contributed by atoms with Gasteiger partial charge in [-0.2, -0.15) is 0 Å². The number of nitrogens with one attached hydrogen (secondary N) is 1. The average molecular weight is 467 g/mol. The minimum Gasteiger partial charge on any atom is -0.340 e. The Hall–Kier alpha value is -3.33. The smallest absolute Gasteiger partial charge is 0.325 e. The molecule has 0 spiro atoms. The van der Waals surface area contributed by atoms with Gasteiger partial charge in [0.25, 0.3) is 5.91 Å². The number of nitrogens with zero attached hydrogens (tertiary/aromatic N) is 3. The molecule has 3 aromatic rings. The molecule has 0 unspecified atom stereocenters. The van der Waals surface area contributed by atoms with Gasteiger partial charge in [-0.3, -0.25) is 14.5 Å². The van der Waals surface area contributed by atoms with Gasteiger partial charge < -0.3 is 10.2 Å². The summed E-state index contributed by atoms with van der Waals surface area (Å²) in [5, 5.41) is 3.67. The van der Waals surface area contributed by atoms with Crippen molar-refractivity contribution in [2.24, 2.45) is 0 Å². The summed E-state index contributed by atoms with van der Waals surface area (Å²) in [6, 6.07) is 12.7. The van der Waals surface area contributed by atoms with Crippen LogP contribution in [0.25, 0.3) is 10.2 Å². The lowest BCUT2D eigenvalue weighted by atomic mass is 9.92. The number of para-hydroxylation sites is 1. The monoisotopic (exact) mass is 466 g/mol. The first kappa shape index (κ1) is 21.5. The average Bonchev–Trinajstić information content (AvgIpc) is 3.35. The molecule has 4 amide bonds. The lowest BCUT2D eigenvalue weighted by Crippen LogP contribution is -2.47. The molecular weight excluding hydrogens is 443 g/mol. The van der Waals surface area contributed by atoms with Crippen LogP contribution in [-0.2, 0) is 15.1 Å². The first-order chi connectivity index (χ1) is 15.8. The number of likely N-dealkylation sites (tertiary alicyclic amines) is 1. The van der Waals surface area contributed by atoms with Crippen LogP contribution in [0.2, 0.25) is 0 Å². The first-order valence-corrected chi connectivity index (χ1v) is 11.7. The minimum atomic E-state index is -1.34. The second kappa shape index (κ2) is 8.22. The Kier molecular flexibility index (Phi) is 5.36. The zero-order valence-corrected chi connectivity index (χ0v) is 18.9. The molecule has 2 atom stereocenters. The Morgan fingerprint density at radius 3 is 2.73 bits per heavy atom. The van der Waals surface area contributed by atoms with E-state index in [2.05, 4.69) is 5.32 Å². The second-order valence-electron chi connectivity index (χ2n) is 8.65. The number of urea groups is 1. The van der Waals surface area contributed by atoms with Crippen molar-refractivity contribution in [3.05, 3.63) is 64.9 Å². The summed E-state index contributed by atoms with van der Waals surface area (Å²) in [6.07, 6.45) is 1.77. The number of thiazole rings is 1. The molecule has 170 valence electrons. The van der Waals surface area contributed by atoms with Gasteiger partial charge in [-0.25, -0.2) is 14.2 Å². The number of hydrogen-bond donors (Lipinski definition) is 1. The Bertz CT molecular complexity index is 1210. The van der Waals surface area contributed by atoms with Crippen molar-refractivity contribution < 1.29 is 18.8 Å². The summed E-state index contributed by atoms with van der Waals surface area (Å²) in [4.78, 5) is 46.2. The zero-order chi connectivity index (χ0) is 23.2. The van der Waals surface area contributed by atoms with Gasteiger partial charge in [-0.1, -0.05) is 24.3 Å². The van der Waals surface area contributed by atoms with Crippen LogP contribution in [0.4, 0.5) is 9.18 Å². The molecule has 0 aliphatic carbocycles. The number of halogens is 1. The molecule has 9 heteroatoms. The summed E-state index contributed by atoms with van der Waals surface area (Å²) < 4.78 is 14.4. The number of aromatic nitrogens is 1. The van der Waals surface area contributed by atoms with Crippen molar-refractivity contribution in [2.75, 3.05) is 19.6 Å². The standard InChI is InChI=1S/C24H23FN4O3S/c1-24(16-8-10-17(25)11-9-16)22(31)29(23(32)27-24)14-20(30)28-12-4-5-15(13-28)21-26-18-6-2-3-7-19(18)33-21/h2-3,6-11,15H,4-5,12-14H2,1H3,(H,27,32)/t15-,24+/m1/s1. The van der Waals surface area contributed by atoms with E-state index < -0.39 is 23.3 Å². The highest BCUT2D eigenvalue weighted by molar-refractivity contribution is 7.18. The van der Waals surface area contributed by atoms with E-state index in [4.69, 9.17) is 4.98 Å². The summed E-state index contributed by atoms with van der Waals surface area (Å²) in [5.74, 6) is -1.09. The fraction of sp³-hybridized carbons (Fsp3) is 0.333. The Labute approximate surface area is 194 Å². The number of imide groups is 1. The molecule has 0 bridgehead atoms. The Morgan fingerprint density at radius 1 is 1.21 bits per heavy atom. The largest absolute Gasteiger partial charge is 0.340 e. The molecule has 0 saturated carbocycles. The SMILES string of the molecule is C[C@@]1(c2ccc(F)cc2)NC(=O)N(CC(=O)N2CCC[C@@H](c3nc4ccccc4s3)C2)C1=O. The number of fused-ring (bicyclic) bond motifs is 1. The Morgan fingerprint density at radius 2 is 1.97 bits per heavy atom. The molecular formula is C24H23FN4O3S. The minimum absolute atomic E-state index is 0.132. The number of carbonyl (C=O) groups is 3. The van der Waals surface area contributed by atoms with Crippen LogP contribution in [0.3, 0.4) is 0 Å². The number of benzene rings is 2. The molecule has 2 aliphatic heterocycles. The number of rotatable bonds is 4. The van der Waals surface area contributed by atoms with Crippen molar-refractivity contribution in [3.8, 4) is 0 Å². The zero-order valence-electron chi connectivity index (χ0n) is 18.1. The number of hydrogen-bond acceptors (Lipinski definition) is 5. The fourth-order valence-electron chi connectivity index (χ4n) is 4.52. The summed E-state index contributed by atoms with van der Waals surface area (Å²) >= 11 is 1.65. The maximum Gasteiger partial charge on any atom is 0.325 e. The van der Waals surface area contributed by atoms with Crippen molar-refractivity contribution in [1.82, 2.24) is 20.1 Å². The van der Waals surface area contributed by atoms with Gasteiger partial charge in [0.05, 0.1) is 15.2 Å². The molecule has 2 aromatic carbocycles. The number of amides is 4. The summed E-state index contributed by atoms with van der Waals surface area (Å²) in [5.41, 5.74) is 0.0858. The van der Waals surface area contributed by atoms with Gasteiger partial charge in [0.1, 0.15) is 17.9 Å². The van der Waals surface area contributed by atoms with Crippen LogP contribution in [0.5, 0.6) is 0 Å². The van der Waals surface area contributed by atoms with Crippen molar-refractivity contribution in [1.29, 1.82) is 0 Å². The predicted molar refractivity (Wildman–Crippen MR) is 122 cm³/mol. The molecule has 5 rings (SSSR count). The van der Waals surface area contributed by atoms with Crippen LogP contribution in [0.1, 0.15) is 36.3 Å². The highest BCUT2D eigenvalue weighted by atomic mass is 32.1. The lowest BCUT2D eigenvalue weighted by Gasteiger charge is -2.32. The second-order valence-corrected chi connectivity index (χ2v) is 9.71. The van der Waals surface area contributed by atoms with Gasteiger partial charge in [0.15, 0.2) is 0 Å². The topological polar surface area (TPSA) is 82.6 Å². The van der Waals surface area contributed by atoms with Crippen LogP contribution in [0, 0.1) is 5.82 Å². The third kappa shape index (κ3) is 3.86. The molecule has 0 radical (unpaired) electrons. The normalized spacial score (nSPS) is 23.3. The number of piperidine rings is 1. The summed E-state index contributed by atoms with van der Waals surface area (Å²) in [7, 11) is 0. The van der Waals surface area contributed by atoms with E-state index >= 15 is 0 Å². The van der Waals surface area contributed by atoms with E-state index in [1.165, 1.54) is 24.3 Å². The van der Waals surface area contributed by atoms with Crippen LogP contribution < -0.4 is 5.32 Å². The van der Waals surface area contributed by atoms with Gasteiger partial charge in [-0.15, -0.1) is 11.3 Å². The molecule has 2 aliphatic rings. The number of carbonyl (C=O) groups excluding carboxylic acids is 3. The molecule has 33 heavy (non-hydrogen) atoms. The van der Waals surface area contributed by atoms with E-state index in [0.29, 0.717) is 18.7 Å². The van der Waals surface area contributed by atoms with E-state index in [9.17, 15) is 18.8 Å². The molecule has 1 N–H and O–H groups in total. The molecule has 7 nitrogen and oxygen atoms in total. The highest BCUT2D eigenvalue weighted by Gasteiger charge is 2.49. The van der Waals surface area contributed by atoms with Crippen molar-refractivity contribution in [2.45, 2.75) is 31.2 Å². The molecule has 1 aromatic heterocycles. The maximum atomic E-state index is 13.3. The van der Waals surface area contributed by atoms with Crippen molar-refractivity contribution >= 4 is 39.4 Å². The third-order valence-corrected chi connectivity index (χ3v) is 7.62. The fourth-order valence-corrected chi connectivity index (χ4v) is 5.62. The van der Waals surface area contributed by atoms with Crippen LogP contribution in [0.15, 0.2) is 48.5 Å². The van der Waals surface area contributed by atoms with Gasteiger partial charge in [-0.05, 0) is 49.6 Å². The van der Waals surface area contributed by atoms with Gasteiger partial charge in [0, 0.05) is 19.0 Å². The van der Waals surface area contributed by atoms with Crippen LogP contribution >= 0.6 is 11.3 Å². The van der Waals surface area contributed by atoms with Crippen molar-refractivity contribution in [3.63, 3.8) is 0 Å². The maximum absolute atomic E-state index is 13.3. The van der Waals surface area contributed by atoms with Gasteiger partial charge >= 0.3 is 6.03 Å². The van der Waals surface area contributed by atoms with E-state index in [0.717, 1.165) is 33.0 Å². The highest BCUT2D eigenvalue weighted by Crippen LogP contribution is 2.33. The van der Waals surface area contributed by atoms with Gasteiger partial charge in [0.2, 0.25) is 5.91 Å². The first-order valence-electron chi connectivity index (χ1n) is 10.9. The molecule has 2 saturated heterocycles. The van der Waals surface area contributed by atoms with E-state index in [-0.39, 0.29) is 18.4 Å². The summed E-state index contributed by atoms with van der Waals surface area (Å²) in [6.45, 7) is 2.33. The van der Waals surface area contributed by atoms with Crippen LogP contribution in [-0.4, -0.2) is 52.3 Å². The van der Waals surface area contributed by atoms with E-state index in [1.807, 2.05) is 24.3 Å². The quantitative estimate of drug-likeness (QED) is 0.596. The third-order valence-electron chi connectivity index (χ3n) is 6.42. The Balaban J connectivity index is 1.29. The van der Waals surface area contributed by atoms with E-state index in [1.54, 1.807) is 23.2 Å². The lowest BCUT2D eigenvalue weighted by molar-refractivity contribution is -0.139. The molecule has 3 heterocycles.